The van der Waals surface area contributed by atoms with Crippen molar-refractivity contribution in [1.29, 1.82) is 0 Å². The van der Waals surface area contributed by atoms with Gasteiger partial charge in [0.25, 0.3) is 0 Å². The summed E-state index contributed by atoms with van der Waals surface area (Å²) in [4.78, 5) is 11.8. The molecule has 2 unspecified atom stereocenters. The quantitative estimate of drug-likeness (QED) is 0.827. The SMILES string of the molecule is CC(C)[C@@H]1CC(C(N)COCc2ccc3ccccc3c2)OC1=O. The van der Waals surface area contributed by atoms with Crippen molar-refractivity contribution >= 4 is 16.7 Å². The van der Waals surface area contributed by atoms with E-state index in [1.54, 1.807) is 0 Å². The zero-order chi connectivity index (χ0) is 17.1. The Morgan fingerprint density at radius 2 is 1.96 bits per heavy atom. The van der Waals surface area contributed by atoms with Crippen LogP contribution in [0.4, 0.5) is 0 Å². The molecule has 3 atom stereocenters. The summed E-state index contributed by atoms with van der Waals surface area (Å²) in [5.41, 5.74) is 7.27. The van der Waals surface area contributed by atoms with Gasteiger partial charge in [0, 0.05) is 0 Å². The predicted octanol–water partition coefficient (Wildman–Crippen LogP) is 3.27. The van der Waals surface area contributed by atoms with Gasteiger partial charge in [-0.05, 0) is 34.7 Å². The van der Waals surface area contributed by atoms with Gasteiger partial charge in [-0.3, -0.25) is 4.79 Å². The topological polar surface area (TPSA) is 61.6 Å². The van der Waals surface area contributed by atoms with Crippen LogP contribution in [0.1, 0.15) is 25.8 Å². The van der Waals surface area contributed by atoms with Crippen molar-refractivity contribution in [2.24, 2.45) is 17.6 Å². The molecule has 2 N–H and O–H groups in total. The molecule has 1 fully saturated rings. The number of ether oxygens (including phenoxy) is 2. The Morgan fingerprint density at radius 1 is 1.21 bits per heavy atom. The second-order valence-corrected chi connectivity index (χ2v) is 6.92. The second kappa shape index (κ2) is 7.32. The predicted molar refractivity (Wildman–Crippen MR) is 94.4 cm³/mol. The highest BCUT2D eigenvalue weighted by atomic mass is 16.6. The van der Waals surface area contributed by atoms with Crippen LogP contribution in [0, 0.1) is 11.8 Å². The number of benzene rings is 2. The van der Waals surface area contributed by atoms with Crippen LogP contribution in [-0.2, 0) is 20.9 Å². The largest absolute Gasteiger partial charge is 0.460 e. The number of esters is 1. The minimum atomic E-state index is -0.279. The fourth-order valence-corrected chi connectivity index (χ4v) is 3.19. The Labute approximate surface area is 142 Å². The van der Waals surface area contributed by atoms with Crippen LogP contribution >= 0.6 is 0 Å². The fourth-order valence-electron chi connectivity index (χ4n) is 3.19. The first-order valence-electron chi connectivity index (χ1n) is 8.56. The highest BCUT2D eigenvalue weighted by molar-refractivity contribution is 5.82. The first-order chi connectivity index (χ1) is 11.5. The molecule has 128 valence electrons. The van der Waals surface area contributed by atoms with Crippen LogP contribution in [-0.4, -0.2) is 24.7 Å². The zero-order valence-corrected chi connectivity index (χ0v) is 14.3. The van der Waals surface area contributed by atoms with E-state index in [2.05, 4.69) is 30.3 Å². The molecule has 0 aliphatic carbocycles. The van der Waals surface area contributed by atoms with E-state index >= 15 is 0 Å². The molecule has 1 heterocycles. The monoisotopic (exact) mass is 327 g/mol. The molecule has 4 heteroatoms. The molecule has 0 spiro atoms. The standard InChI is InChI=1S/C20H25NO3/c1-13(2)17-10-19(24-20(17)22)18(21)12-23-11-14-7-8-15-5-3-4-6-16(15)9-14/h3-9,13,17-19H,10-12,21H2,1-2H3/t17-,18?,19?/m0/s1. The summed E-state index contributed by atoms with van der Waals surface area (Å²) in [6, 6.07) is 14.3. The molecule has 4 nitrogen and oxygen atoms in total. The van der Waals surface area contributed by atoms with Crippen molar-refractivity contribution in [2.75, 3.05) is 6.61 Å². The molecule has 3 rings (SSSR count). The van der Waals surface area contributed by atoms with Crippen molar-refractivity contribution in [3.8, 4) is 0 Å². The molecule has 0 saturated carbocycles. The van der Waals surface area contributed by atoms with Gasteiger partial charge < -0.3 is 15.2 Å². The Balaban J connectivity index is 1.51. The van der Waals surface area contributed by atoms with Crippen LogP contribution in [0.3, 0.4) is 0 Å². The number of cyclic esters (lactones) is 1. The first-order valence-corrected chi connectivity index (χ1v) is 8.56. The van der Waals surface area contributed by atoms with E-state index < -0.39 is 0 Å². The number of carbonyl (C=O) groups is 1. The lowest BCUT2D eigenvalue weighted by Gasteiger charge is -2.18. The highest BCUT2D eigenvalue weighted by Gasteiger charge is 2.39. The van der Waals surface area contributed by atoms with Crippen molar-refractivity contribution in [2.45, 2.75) is 39.0 Å². The average molecular weight is 327 g/mol. The van der Waals surface area contributed by atoms with Crippen molar-refractivity contribution in [3.05, 3.63) is 48.0 Å². The molecule has 1 aliphatic heterocycles. The summed E-state index contributed by atoms with van der Waals surface area (Å²) in [6.45, 7) is 4.97. The van der Waals surface area contributed by atoms with Gasteiger partial charge in [-0.25, -0.2) is 0 Å². The first kappa shape index (κ1) is 16.9. The lowest BCUT2D eigenvalue weighted by atomic mass is 9.91. The minimum absolute atomic E-state index is 0.0402. The molecular weight excluding hydrogens is 302 g/mol. The number of rotatable bonds is 6. The van der Waals surface area contributed by atoms with Gasteiger partial charge in [-0.1, -0.05) is 50.2 Å². The van der Waals surface area contributed by atoms with Crippen LogP contribution in [0.5, 0.6) is 0 Å². The molecule has 2 aromatic carbocycles. The fraction of sp³-hybridized carbons (Fsp3) is 0.450. The van der Waals surface area contributed by atoms with E-state index in [4.69, 9.17) is 15.2 Å². The molecule has 0 radical (unpaired) electrons. The smallest absolute Gasteiger partial charge is 0.309 e. The Bertz CT molecular complexity index is 713. The zero-order valence-electron chi connectivity index (χ0n) is 14.3. The maximum atomic E-state index is 11.8. The van der Waals surface area contributed by atoms with Gasteiger partial charge in [0.15, 0.2) is 0 Å². The minimum Gasteiger partial charge on any atom is -0.460 e. The highest BCUT2D eigenvalue weighted by Crippen LogP contribution is 2.29. The summed E-state index contributed by atoms with van der Waals surface area (Å²) in [5.74, 6) is 0.120. The molecule has 0 amide bonds. The number of hydrogen-bond acceptors (Lipinski definition) is 4. The van der Waals surface area contributed by atoms with E-state index in [1.807, 2.05) is 26.0 Å². The van der Waals surface area contributed by atoms with Gasteiger partial charge in [0.2, 0.25) is 0 Å². The number of fused-ring (bicyclic) bond motifs is 1. The summed E-state index contributed by atoms with van der Waals surface area (Å²) in [6.07, 6.45) is 0.457. The molecule has 0 bridgehead atoms. The van der Waals surface area contributed by atoms with Gasteiger partial charge >= 0.3 is 5.97 Å². The number of nitrogens with two attached hydrogens (primary N) is 1. The molecule has 2 aromatic rings. The van der Waals surface area contributed by atoms with Gasteiger partial charge in [-0.2, -0.15) is 0 Å². The maximum absolute atomic E-state index is 11.8. The van der Waals surface area contributed by atoms with Crippen LogP contribution in [0.2, 0.25) is 0 Å². The van der Waals surface area contributed by atoms with E-state index in [1.165, 1.54) is 10.8 Å². The van der Waals surface area contributed by atoms with Crippen molar-refractivity contribution < 1.29 is 14.3 Å². The molecular formula is C20H25NO3. The summed E-state index contributed by atoms with van der Waals surface area (Å²) in [5, 5.41) is 2.42. The Kier molecular flexibility index (Phi) is 5.17. The van der Waals surface area contributed by atoms with E-state index in [-0.39, 0.29) is 30.0 Å². The lowest BCUT2D eigenvalue weighted by molar-refractivity contribution is -0.146. The Hall–Kier alpha value is -1.91. The third kappa shape index (κ3) is 3.77. The van der Waals surface area contributed by atoms with Crippen LogP contribution in [0.25, 0.3) is 10.8 Å². The summed E-state index contributed by atoms with van der Waals surface area (Å²) < 4.78 is 11.2. The third-order valence-corrected chi connectivity index (χ3v) is 4.73. The molecule has 0 aromatic heterocycles. The molecule has 1 aliphatic rings. The average Bonchev–Trinajstić information content (AvgIpc) is 2.97. The van der Waals surface area contributed by atoms with Crippen molar-refractivity contribution in [3.63, 3.8) is 0 Å². The van der Waals surface area contributed by atoms with E-state index in [0.717, 1.165) is 5.56 Å². The van der Waals surface area contributed by atoms with E-state index in [0.29, 0.717) is 19.6 Å². The van der Waals surface area contributed by atoms with Gasteiger partial charge in [0.1, 0.15) is 6.10 Å². The molecule has 1 saturated heterocycles. The summed E-state index contributed by atoms with van der Waals surface area (Å²) in [7, 11) is 0. The van der Waals surface area contributed by atoms with E-state index in [9.17, 15) is 4.79 Å². The molecule has 24 heavy (non-hydrogen) atoms. The number of hydrogen-bond donors (Lipinski definition) is 1. The van der Waals surface area contributed by atoms with Gasteiger partial charge in [-0.15, -0.1) is 0 Å². The number of carbonyl (C=O) groups excluding carboxylic acids is 1. The Morgan fingerprint density at radius 3 is 2.67 bits per heavy atom. The van der Waals surface area contributed by atoms with Crippen LogP contribution in [0.15, 0.2) is 42.5 Å². The summed E-state index contributed by atoms with van der Waals surface area (Å²) >= 11 is 0. The van der Waals surface area contributed by atoms with Gasteiger partial charge in [0.05, 0.1) is 25.2 Å². The van der Waals surface area contributed by atoms with Crippen molar-refractivity contribution in [1.82, 2.24) is 0 Å². The maximum Gasteiger partial charge on any atom is 0.309 e. The lowest BCUT2D eigenvalue weighted by Crippen LogP contribution is -2.38. The second-order valence-electron chi connectivity index (χ2n) is 6.92. The van der Waals surface area contributed by atoms with Crippen LogP contribution < -0.4 is 5.73 Å². The third-order valence-electron chi connectivity index (χ3n) is 4.73. The normalized spacial score (nSPS) is 22.1.